The summed E-state index contributed by atoms with van der Waals surface area (Å²) in [6.07, 6.45) is 81.1. The van der Waals surface area contributed by atoms with E-state index in [1.807, 2.05) is 0 Å². The fourth-order valence-corrected chi connectivity index (χ4v) is 11.2. The van der Waals surface area contributed by atoms with E-state index in [0.717, 1.165) is 44.9 Å². The number of hydrogen-bond acceptors (Lipinski definition) is 5. The Morgan fingerprint density at radius 3 is 0.934 bits per heavy atom. The summed E-state index contributed by atoms with van der Waals surface area (Å²) >= 11 is 0. The van der Waals surface area contributed by atoms with Gasteiger partial charge in [0.25, 0.3) is 0 Å². The first kappa shape index (κ1) is 74.6. The van der Waals surface area contributed by atoms with Crippen molar-refractivity contribution in [3.63, 3.8) is 0 Å². The highest BCUT2D eigenvalue weighted by Gasteiger charge is 2.20. The molecule has 0 spiro atoms. The molecule has 6 nitrogen and oxygen atoms in total. The predicted octanol–water partition coefficient (Wildman–Crippen LogP) is 22.4. The Morgan fingerprint density at radius 1 is 0.355 bits per heavy atom. The van der Waals surface area contributed by atoms with E-state index in [2.05, 4.69) is 31.3 Å². The van der Waals surface area contributed by atoms with Gasteiger partial charge in [-0.15, -0.1) is 0 Å². The Hall–Kier alpha value is -1.40. The number of aliphatic hydroxyl groups is 2. The lowest BCUT2D eigenvalue weighted by molar-refractivity contribution is -0.143. The van der Waals surface area contributed by atoms with Crippen LogP contribution in [0.5, 0.6) is 0 Å². The summed E-state index contributed by atoms with van der Waals surface area (Å²) in [5.74, 6) is -0.0197. The molecule has 0 heterocycles. The van der Waals surface area contributed by atoms with Gasteiger partial charge in [-0.25, -0.2) is 0 Å². The van der Waals surface area contributed by atoms with Gasteiger partial charge in [0.1, 0.15) is 0 Å². The summed E-state index contributed by atoms with van der Waals surface area (Å²) in [6.45, 7) is 4.98. The number of rotatable bonds is 66. The second-order valence-corrected chi connectivity index (χ2v) is 24.2. The molecule has 1 amide bonds. The number of carbonyl (C=O) groups is 2. The summed E-state index contributed by atoms with van der Waals surface area (Å²) in [7, 11) is 0. The lowest BCUT2D eigenvalue weighted by Gasteiger charge is -2.22. The third-order valence-corrected chi connectivity index (χ3v) is 16.6. The van der Waals surface area contributed by atoms with Gasteiger partial charge in [0.15, 0.2) is 0 Å². The molecule has 0 aromatic carbocycles. The van der Waals surface area contributed by atoms with E-state index in [9.17, 15) is 19.8 Å². The molecule has 0 aliphatic rings. The van der Waals surface area contributed by atoms with E-state index in [1.54, 1.807) is 0 Å². The molecule has 0 saturated carbocycles. The number of amides is 1. The van der Waals surface area contributed by atoms with Gasteiger partial charge < -0.3 is 20.3 Å². The lowest BCUT2D eigenvalue weighted by atomic mass is 10.0. The van der Waals surface area contributed by atoms with Crippen LogP contribution in [0.4, 0.5) is 0 Å². The van der Waals surface area contributed by atoms with Crippen molar-refractivity contribution in [2.75, 3.05) is 13.2 Å². The van der Waals surface area contributed by atoms with Crippen molar-refractivity contribution in [3.8, 4) is 0 Å². The third-order valence-electron chi connectivity index (χ3n) is 16.6. The lowest BCUT2D eigenvalue weighted by Crippen LogP contribution is -2.45. The van der Waals surface area contributed by atoms with Crippen LogP contribution in [0, 0.1) is 0 Å². The molecule has 0 radical (unpaired) electrons. The summed E-state index contributed by atoms with van der Waals surface area (Å²) in [5, 5.41) is 23.4. The van der Waals surface area contributed by atoms with Gasteiger partial charge in [0, 0.05) is 12.8 Å². The molecule has 452 valence electrons. The molecule has 0 aliphatic carbocycles. The van der Waals surface area contributed by atoms with E-state index in [0.29, 0.717) is 25.9 Å². The van der Waals surface area contributed by atoms with E-state index in [4.69, 9.17) is 4.74 Å². The van der Waals surface area contributed by atoms with Crippen LogP contribution in [0.2, 0.25) is 0 Å². The highest BCUT2D eigenvalue weighted by molar-refractivity contribution is 5.76. The van der Waals surface area contributed by atoms with Gasteiger partial charge in [0.05, 0.1) is 25.4 Å². The van der Waals surface area contributed by atoms with Crippen LogP contribution >= 0.6 is 0 Å². The van der Waals surface area contributed by atoms with Crippen LogP contribution in [-0.2, 0) is 14.3 Å². The first-order valence-electron chi connectivity index (χ1n) is 34.9. The molecular weight excluding hydrogens is 935 g/mol. The summed E-state index contributed by atoms with van der Waals surface area (Å²) in [5.41, 5.74) is 0. The molecule has 2 unspecified atom stereocenters. The van der Waals surface area contributed by atoms with Crippen LogP contribution in [0.25, 0.3) is 0 Å². The molecule has 2 atom stereocenters. The second-order valence-electron chi connectivity index (χ2n) is 24.2. The van der Waals surface area contributed by atoms with E-state index in [1.165, 1.54) is 321 Å². The number of esters is 1. The number of unbranched alkanes of at least 4 members (excludes halogenated alkanes) is 53. The molecule has 0 bridgehead atoms. The largest absolute Gasteiger partial charge is 0.466 e. The summed E-state index contributed by atoms with van der Waals surface area (Å²) < 4.78 is 5.49. The van der Waals surface area contributed by atoms with Gasteiger partial charge in [-0.2, -0.15) is 0 Å². The first-order chi connectivity index (χ1) is 37.5. The number of carbonyl (C=O) groups excluding carboxylic acids is 2. The average Bonchev–Trinajstić information content (AvgIpc) is 3.42. The van der Waals surface area contributed by atoms with Crippen LogP contribution in [-0.4, -0.2) is 47.4 Å². The maximum absolute atomic E-state index is 12.5. The van der Waals surface area contributed by atoms with Crippen molar-refractivity contribution < 1.29 is 24.5 Å². The first-order valence-corrected chi connectivity index (χ1v) is 34.9. The number of allylic oxidation sites excluding steroid dienone is 2. The Labute approximate surface area is 476 Å². The van der Waals surface area contributed by atoms with Crippen LogP contribution < -0.4 is 5.32 Å². The minimum absolute atomic E-state index is 0.00892. The SMILES string of the molecule is CCCCCCC/C=C\CCCCCCCC(=O)OCCCCCCCCCCCCCCCCCCCCCCCCCCCC(=O)NC(CO)C(O)CCCCCCCCCCCCCCCCCCCCCC. The number of aliphatic hydroxyl groups excluding tert-OH is 2. The van der Waals surface area contributed by atoms with Crippen molar-refractivity contribution in [2.24, 2.45) is 0 Å². The second kappa shape index (κ2) is 66.1. The molecular formula is C70H137NO5. The Morgan fingerprint density at radius 2 is 0.618 bits per heavy atom. The van der Waals surface area contributed by atoms with Crippen molar-refractivity contribution in [2.45, 2.75) is 411 Å². The predicted molar refractivity (Wildman–Crippen MR) is 333 cm³/mol. The fraction of sp³-hybridized carbons (Fsp3) is 0.943. The maximum atomic E-state index is 12.5. The van der Waals surface area contributed by atoms with Crippen molar-refractivity contribution in [1.29, 1.82) is 0 Å². The Kier molecular flexibility index (Phi) is 64.9. The monoisotopic (exact) mass is 1070 g/mol. The van der Waals surface area contributed by atoms with Crippen LogP contribution in [0.3, 0.4) is 0 Å². The van der Waals surface area contributed by atoms with Crippen LogP contribution in [0.15, 0.2) is 12.2 Å². The van der Waals surface area contributed by atoms with Crippen molar-refractivity contribution in [1.82, 2.24) is 5.32 Å². The highest BCUT2D eigenvalue weighted by atomic mass is 16.5. The van der Waals surface area contributed by atoms with Gasteiger partial charge in [-0.3, -0.25) is 9.59 Å². The molecule has 0 aromatic heterocycles. The average molecular weight is 1070 g/mol. The van der Waals surface area contributed by atoms with Gasteiger partial charge >= 0.3 is 5.97 Å². The van der Waals surface area contributed by atoms with Gasteiger partial charge in [-0.1, -0.05) is 347 Å². The van der Waals surface area contributed by atoms with Crippen LogP contribution in [0.1, 0.15) is 399 Å². The van der Waals surface area contributed by atoms with E-state index < -0.39 is 12.1 Å². The van der Waals surface area contributed by atoms with Crippen molar-refractivity contribution in [3.05, 3.63) is 12.2 Å². The molecule has 0 saturated heterocycles. The molecule has 0 aliphatic heterocycles. The minimum atomic E-state index is -0.663. The number of ether oxygens (including phenoxy) is 1. The zero-order valence-corrected chi connectivity index (χ0v) is 51.8. The molecule has 3 N–H and O–H groups in total. The molecule has 0 aromatic rings. The number of hydrogen-bond donors (Lipinski definition) is 3. The smallest absolute Gasteiger partial charge is 0.305 e. The molecule has 0 fully saturated rings. The molecule has 6 heteroatoms. The highest BCUT2D eigenvalue weighted by Crippen LogP contribution is 2.19. The Bertz CT molecular complexity index is 1140. The summed E-state index contributed by atoms with van der Waals surface area (Å²) in [4.78, 5) is 24.6. The van der Waals surface area contributed by atoms with E-state index >= 15 is 0 Å². The topological polar surface area (TPSA) is 95.9 Å². The normalized spacial score (nSPS) is 12.5. The van der Waals surface area contributed by atoms with Gasteiger partial charge in [0.2, 0.25) is 5.91 Å². The Balaban J connectivity index is 3.36. The molecule has 76 heavy (non-hydrogen) atoms. The van der Waals surface area contributed by atoms with E-state index in [-0.39, 0.29) is 18.5 Å². The maximum Gasteiger partial charge on any atom is 0.305 e. The van der Waals surface area contributed by atoms with Gasteiger partial charge in [-0.05, 0) is 51.4 Å². The zero-order chi connectivity index (χ0) is 55.0. The summed E-state index contributed by atoms with van der Waals surface area (Å²) in [6, 6.07) is -0.540. The molecule has 0 rings (SSSR count). The van der Waals surface area contributed by atoms with Crippen molar-refractivity contribution >= 4 is 11.9 Å². The zero-order valence-electron chi connectivity index (χ0n) is 51.8. The standard InChI is InChI=1S/C70H137NO5/c1-3-5-7-9-11-13-15-17-19-20-21-29-32-35-38-42-46-50-54-58-62-68(73)67(66-72)71-69(74)63-59-55-51-47-43-39-36-33-30-27-25-23-22-24-26-28-31-34-37-41-45-49-53-57-61-65-76-70(75)64-60-56-52-48-44-40-18-16-14-12-10-8-6-4-2/h16,18,67-68,72-73H,3-15,17,19-66H2,1-2H3,(H,71,74)/b18-16-. The quantitative estimate of drug-likeness (QED) is 0.0320. The third kappa shape index (κ3) is 61.8. The fourth-order valence-electron chi connectivity index (χ4n) is 11.2. The number of nitrogens with one attached hydrogen (secondary N) is 1. The minimum Gasteiger partial charge on any atom is -0.466 e.